The number of carbonyl (C=O) groups is 1. The lowest BCUT2D eigenvalue weighted by Gasteiger charge is -2.20. The lowest BCUT2D eigenvalue weighted by molar-refractivity contribution is 0.0951. The van der Waals surface area contributed by atoms with Crippen LogP contribution in [0.3, 0.4) is 0 Å². The molecular formula is C18H21ClN2O4S. The lowest BCUT2D eigenvalue weighted by atomic mass is 10.2. The van der Waals surface area contributed by atoms with Crippen molar-refractivity contribution in [1.29, 1.82) is 0 Å². The molecule has 2 aromatic carbocycles. The predicted octanol–water partition coefficient (Wildman–Crippen LogP) is 2.54. The van der Waals surface area contributed by atoms with Crippen molar-refractivity contribution in [2.75, 3.05) is 26.5 Å². The van der Waals surface area contributed by atoms with Gasteiger partial charge in [-0.2, -0.15) is 4.31 Å². The number of hydrogen-bond acceptors (Lipinski definition) is 4. The fraction of sp³-hybridized carbons (Fsp3) is 0.278. The zero-order valence-electron chi connectivity index (χ0n) is 14.6. The summed E-state index contributed by atoms with van der Waals surface area (Å²) in [5.74, 6) is 0.294. The third-order valence-electron chi connectivity index (χ3n) is 3.72. The quantitative estimate of drug-likeness (QED) is 0.744. The van der Waals surface area contributed by atoms with Crippen molar-refractivity contribution in [2.45, 2.75) is 6.54 Å². The van der Waals surface area contributed by atoms with Crippen LogP contribution in [-0.2, 0) is 16.6 Å². The highest BCUT2D eigenvalue weighted by atomic mass is 35.5. The second kappa shape index (κ2) is 9.02. The number of hydrogen-bond donors (Lipinski definition) is 1. The molecule has 0 aliphatic heterocycles. The lowest BCUT2D eigenvalue weighted by Crippen LogP contribution is -2.37. The summed E-state index contributed by atoms with van der Waals surface area (Å²) < 4.78 is 30.4. The van der Waals surface area contributed by atoms with Crippen molar-refractivity contribution >= 4 is 27.5 Å². The third-order valence-corrected chi connectivity index (χ3v) is 5.22. The Labute approximate surface area is 158 Å². The van der Waals surface area contributed by atoms with E-state index in [9.17, 15) is 13.2 Å². The second-order valence-electron chi connectivity index (χ2n) is 5.71. The Morgan fingerprint density at radius 1 is 1.19 bits per heavy atom. The third kappa shape index (κ3) is 6.01. The molecule has 0 aromatic heterocycles. The summed E-state index contributed by atoms with van der Waals surface area (Å²) >= 11 is 5.85. The van der Waals surface area contributed by atoms with Crippen LogP contribution in [0.1, 0.15) is 15.9 Å². The molecule has 0 radical (unpaired) electrons. The van der Waals surface area contributed by atoms with E-state index in [1.165, 1.54) is 11.4 Å². The maximum Gasteiger partial charge on any atom is 0.251 e. The Bertz CT molecular complexity index is 854. The Kier molecular flexibility index (Phi) is 7.02. The van der Waals surface area contributed by atoms with Gasteiger partial charge in [-0.05, 0) is 35.9 Å². The predicted molar refractivity (Wildman–Crippen MR) is 102 cm³/mol. The molecule has 0 saturated heterocycles. The Morgan fingerprint density at radius 3 is 2.50 bits per heavy atom. The smallest absolute Gasteiger partial charge is 0.251 e. The minimum atomic E-state index is -3.42. The first-order chi connectivity index (χ1) is 12.3. The first kappa shape index (κ1) is 20.2. The van der Waals surface area contributed by atoms with Gasteiger partial charge >= 0.3 is 0 Å². The molecule has 0 unspecified atom stereocenters. The minimum Gasteiger partial charge on any atom is -0.497 e. The van der Waals surface area contributed by atoms with E-state index in [0.29, 0.717) is 16.3 Å². The number of rotatable bonds is 8. The van der Waals surface area contributed by atoms with Gasteiger partial charge in [-0.25, -0.2) is 8.42 Å². The summed E-state index contributed by atoms with van der Waals surface area (Å²) in [6.45, 7) is 0.568. The Balaban J connectivity index is 1.96. The van der Waals surface area contributed by atoms with Gasteiger partial charge in [-0.3, -0.25) is 4.79 Å². The summed E-state index contributed by atoms with van der Waals surface area (Å²) in [5, 5.41) is 3.31. The van der Waals surface area contributed by atoms with Crippen LogP contribution in [0.15, 0.2) is 48.5 Å². The van der Waals surface area contributed by atoms with E-state index in [4.69, 9.17) is 16.3 Å². The normalized spacial score (nSPS) is 11.4. The largest absolute Gasteiger partial charge is 0.497 e. The SMILES string of the molecule is COc1cccc(C(=O)NCCN(Cc2ccc(Cl)cc2)S(C)(=O)=O)c1. The van der Waals surface area contributed by atoms with E-state index >= 15 is 0 Å². The highest BCUT2D eigenvalue weighted by Crippen LogP contribution is 2.14. The summed E-state index contributed by atoms with van der Waals surface area (Å²) in [5.41, 5.74) is 1.27. The van der Waals surface area contributed by atoms with E-state index in [-0.39, 0.29) is 25.5 Å². The molecular weight excluding hydrogens is 376 g/mol. The van der Waals surface area contributed by atoms with Crippen LogP contribution in [0.4, 0.5) is 0 Å². The average Bonchev–Trinajstić information content (AvgIpc) is 2.61. The molecule has 0 aliphatic rings. The van der Waals surface area contributed by atoms with E-state index in [0.717, 1.165) is 11.8 Å². The summed E-state index contributed by atoms with van der Waals surface area (Å²) in [6.07, 6.45) is 1.15. The second-order valence-corrected chi connectivity index (χ2v) is 8.13. The summed E-state index contributed by atoms with van der Waals surface area (Å²) in [4.78, 5) is 12.2. The van der Waals surface area contributed by atoms with Crippen molar-refractivity contribution in [1.82, 2.24) is 9.62 Å². The van der Waals surface area contributed by atoms with Gasteiger partial charge < -0.3 is 10.1 Å². The molecule has 0 saturated carbocycles. The molecule has 1 N–H and O–H groups in total. The van der Waals surface area contributed by atoms with Crippen molar-refractivity contribution in [3.63, 3.8) is 0 Å². The molecule has 8 heteroatoms. The van der Waals surface area contributed by atoms with E-state index in [1.54, 1.807) is 48.5 Å². The molecule has 2 rings (SSSR count). The van der Waals surface area contributed by atoms with Crippen molar-refractivity contribution in [3.05, 3.63) is 64.7 Å². The van der Waals surface area contributed by atoms with Crippen molar-refractivity contribution in [3.8, 4) is 5.75 Å². The average molecular weight is 397 g/mol. The molecule has 2 aromatic rings. The van der Waals surface area contributed by atoms with Gasteiger partial charge in [-0.1, -0.05) is 29.8 Å². The van der Waals surface area contributed by atoms with Gasteiger partial charge in [0.05, 0.1) is 13.4 Å². The van der Waals surface area contributed by atoms with E-state index in [2.05, 4.69) is 5.32 Å². The van der Waals surface area contributed by atoms with E-state index < -0.39 is 10.0 Å². The molecule has 6 nitrogen and oxygen atoms in total. The number of carbonyl (C=O) groups excluding carboxylic acids is 1. The zero-order valence-corrected chi connectivity index (χ0v) is 16.2. The molecule has 0 fully saturated rings. The number of amides is 1. The zero-order chi connectivity index (χ0) is 19.2. The van der Waals surface area contributed by atoms with Crippen LogP contribution in [0.2, 0.25) is 5.02 Å². The van der Waals surface area contributed by atoms with Crippen molar-refractivity contribution in [2.24, 2.45) is 0 Å². The molecule has 0 heterocycles. The van der Waals surface area contributed by atoms with Crippen LogP contribution in [0.25, 0.3) is 0 Å². The van der Waals surface area contributed by atoms with Gasteiger partial charge in [0.2, 0.25) is 10.0 Å². The standard InChI is InChI=1S/C18H21ClN2O4S/c1-25-17-5-3-4-15(12-17)18(22)20-10-11-21(26(2,23)24)13-14-6-8-16(19)9-7-14/h3-9,12H,10-11,13H2,1-2H3,(H,20,22). The molecule has 140 valence electrons. The number of nitrogens with one attached hydrogen (secondary N) is 1. The van der Waals surface area contributed by atoms with Crippen LogP contribution >= 0.6 is 11.6 Å². The molecule has 0 atom stereocenters. The van der Waals surface area contributed by atoms with Crippen molar-refractivity contribution < 1.29 is 17.9 Å². The number of benzene rings is 2. The molecule has 26 heavy (non-hydrogen) atoms. The van der Waals surface area contributed by atoms with Gasteiger partial charge in [0, 0.05) is 30.2 Å². The Hall–Kier alpha value is -2.09. The number of sulfonamides is 1. The van der Waals surface area contributed by atoms with Gasteiger partial charge in [0.25, 0.3) is 5.91 Å². The minimum absolute atomic E-state index is 0.164. The number of ether oxygens (including phenoxy) is 1. The topological polar surface area (TPSA) is 75.7 Å². The van der Waals surface area contributed by atoms with Crippen LogP contribution in [0.5, 0.6) is 5.75 Å². The number of methoxy groups -OCH3 is 1. The number of nitrogens with zero attached hydrogens (tertiary/aromatic N) is 1. The van der Waals surface area contributed by atoms with Crippen LogP contribution in [-0.4, -0.2) is 45.1 Å². The maximum atomic E-state index is 12.2. The molecule has 0 spiro atoms. The van der Waals surface area contributed by atoms with Crippen LogP contribution in [0, 0.1) is 0 Å². The van der Waals surface area contributed by atoms with E-state index in [1.807, 2.05) is 0 Å². The fourth-order valence-corrected chi connectivity index (χ4v) is 3.25. The molecule has 0 bridgehead atoms. The molecule has 1 amide bonds. The highest BCUT2D eigenvalue weighted by molar-refractivity contribution is 7.88. The Morgan fingerprint density at radius 2 is 1.88 bits per heavy atom. The first-order valence-corrected chi connectivity index (χ1v) is 10.1. The van der Waals surface area contributed by atoms with Gasteiger partial charge in [0.1, 0.15) is 5.75 Å². The molecule has 0 aliphatic carbocycles. The highest BCUT2D eigenvalue weighted by Gasteiger charge is 2.17. The maximum absolute atomic E-state index is 12.2. The van der Waals surface area contributed by atoms with Gasteiger partial charge in [-0.15, -0.1) is 0 Å². The van der Waals surface area contributed by atoms with Crippen LogP contribution < -0.4 is 10.1 Å². The summed E-state index contributed by atoms with van der Waals surface area (Å²) in [6, 6.07) is 13.7. The number of halogens is 1. The van der Waals surface area contributed by atoms with Gasteiger partial charge in [0.15, 0.2) is 0 Å². The first-order valence-electron chi connectivity index (χ1n) is 7.91. The fourth-order valence-electron chi connectivity index (χ4n) is 2.32. The summed E-state index contributed by atoms with van der Waals surface area (Å²) in [7, 11) is -1.89. The monoisotopic (exact) mass is 396 g/mol.